The Morgan fingerprint density at radius 1 is 1.13 bits per heavy atom. The minimum Gasteiger partial charge on any atom is -0.472 e. The van der Waals surface area contributed by atoms with Crippen LogP contribution in [0.2, 0.25) is 0 Å². The highest BCUT2D eigenvalue weighted by Gasteiger charge is 2.34. The van der Waals surface area contributed by atoms with E-state index in [1.54, 1.807) is 0 Å². The van der Waals surface area contributed by atoms with Crippen LogP contribution in [0.3, 0.4) is 0 Å². The second kappa shape index (κ2) is 9.81. The first-order valence-corrected chi connectivity index (χ1v) is 8.92. The lowest BCUT2D eigenvalue weighted by Crippen LogP contribution is -2.43. The smallest absolute Gasteiger partial charge is 0.418 e. The van der Waals surface area contributed by atoms with Crippen LogP contribution in [0.5, 0.6) is 0 Å². The monoisotopic (exact) mass is 426 g/mol. The van der Waals surface area contributed by atoms with E-state index in [2.05, 4.69) is 16.0 Å². The molecule has 0 fully saturated rings. The van der Waals surface area contributed by atoms with Crippen molar-refractivity contribution in [2.24, 2.45) is 5.92 Å². The molecule has 162 valence electrons. The molecule has 0 aliphatic heterocycles. The van der Waals surface area contributed by atoms with E-state index in [0.29, 0.717) is 6.54 Å². The Hall–Kier alpha value is -3.50. The number of alkyl halides is 3. The number of hydrogen-bond acceptors (Lipinski definition) is 5. The largest absolute Gasteiger partial charge is 0.472 e. The average Bonchev–Trinajstić information content (AvgIpc) is 3.19. The Bertz CT molecular complexity index is 896. The predicted octanol–water partition coefficient (Wildman–Crippen LogP) is 3.44. The van der Waals surface area contributed by atoms with Crippen molar-refractivity contribution in [1.29, 1.82) is 0 Å². The van der Waals surface area contributed by atoms with E-state index in [1.807, 2.05) is 19.2 Å². The molecule has 0 unspecified atom stereocenters. The van der Waals surface area contributed by atoms with Crippen LogP contribution in [-0.2, 0) is 11.0 Å². The lowest BCUT2D eigenvalue weighted by Gasteiger charge is -2.16. The van der Waals surface area contributed by atoms with E-state index >= 15 is 0 Å². The SMILES string of the molecule is CC(C)CNC(=O)NC(=O)CNc1ccc(NC(=O)c2ccoc2)cc1C(F)(F)F. The standard InChI is InChI=1S/C19H21F3N4O4/c1-11(2)8-24-18(29)26-16(27)9-23-15-4-3-13(7-14(15)19(20,21)22)25-17(28)12-5-6-30-10-12/h3-7,10-11,23H,8-9H2,1-2H3,(H,25,28)(H2,24,26,27,29). The van der Waals surface area contributed by atoms with Gasteiger partial charge in [-0.15, -0.1) is 0 Å². The molecular weight excluding hydrogens is 405 g/mol. The highest BCUT2D eigenvalue weighted by atomic mass is 19.4. The third-order valence-electron chi connectivity index (χ3n) is 3.73. The summed E-state index contributed by atoms with van der Waals surface area (Å²) in [6.45, 7) is 3.52. The fourth-order valence-corrected chi connectivity index (χ4v) is 2.29. The summed E-state index contributed by atoms with van der Waals surface area (Å²) < 4.78 is 45.0. The van der Waals surface area contributed by atoms with Gasteiger partial charge < -0.3 is 20.4 Å². The molecule has 11 heteroatoms. The number of urea groups is 1. The number of halogens is 3. The first-order chi connectivity index (χ1) is 14.1. The molecule has 2 aromatic rings. The van der Waals surface area contributed by atoms with Crippen molar-refractivity contribution in [2.45, 2.75) is 20.0 Å². The zero-order valence-corrected chi connectivity index (χ0v) is 16.2. The number of imide groups is 1. The fourth-order valence-electron chi connectivity index (χ4n) is 2.29. The number of rotatable bonds is 7. The topological polar surface area (TPSA) is 112 Å². The molecule has 0 atom stereocenters. The number of hydrogen-bond donors (Lipinski definition) is 4. The van der Waals surface area contributed by atoms with Crippen LogP contribution >= 0.6 is 0 Å². The Labute approximate surface area is 170 Å². The van der Waals surface area contributed by atoms with Gasteiger partial charge >= 0.3 is 12.2 Å². The zero-order chi connectivity index (χ0) is 22.3. The number of benzene rings is 1. The first kappa shape index (κ1) is 22.8. The molecule has 30 heavy (non-hydrogen) atoms. The Kier molecular flexibility index (Phi) is 7.45. The van der Waals surface area contributed by atoms with Crippen LogP contribution in [-0.4, -0.2) is 30.9 Å². The Morgan fingerprint density at radius 3 is 2.47 bits per heavy atom. The summed E-state index contributed by atoms with van der Waals surface area (Å²) in [4.78, 5) is 35.3. The Balaban J connectivity index is 2.04. The second-order valence-corrected chi connectivity index (χ2v) is 6.73. The normalized spacial score (nSPS) is 11.1. The molecule has 1 aromatic heterocycles. The summed E-state index contributed by atoms with van der Waals surface area (Å²) in [5, 5.41) is 9.17. The minimum absolute atomic E-state index is 0.0865. The van der Waals surface area contributed by atoms with Crippen molar-refractivity contribution in [3.05, 3.63) is 47.9 Å². The van der Waals surface area contributed by atoms with Crippen LogP contribution in [0, 0.1) is 5.92 Å². The zero-order valence-electron chi connectivity index (χ0n) is 16.2. The van der Waals surface area contributed by atoms with Gasteiger partial charge in [-0.05, 0) is 30.2 Å². The fraction of sp³-hybridized carbons (Fsp3) is 0.316. The van der Waals surface area contributed by atoms with Gasteiger partial charge in [0.1, 0.15) is 6.26 Å². The van der Waals surface area contributed by atoms with Crippen molar-refractivity contribution in [3.63, 3.8) is 0 Å². The van der Waals surface area contributed by atoms with E-state index in [9.17, 15) is 27.6 Å². The third-order valence-corrected chi connectivity index (χ3v) is 3.73. The highest BCUT2D eigenvalue weighted by molar-refractivity contribution is 6.04. The minimum atomic E-state index is -4.75. The molecule has 0 aliphatic carbocycles. The molecule has 4 amide bonds. The molecule has 0 bridgehead atoms. The van der Waals surface area contributed by atoms with Gasteiger partial charge in [0, 0.05) is 17.9 Å². The van der Waals surface area contributed by atoms with Crippen LogP contribution in [0.4, 0.5) is 29.3 Å². The number of amides is 4. The molecule has 0 saturated heterocycles. The van der Waals surface area contributed by atoms with Gasteiger partial charge in [0.2, 0.25) is 5.91 Å². The Morgan fingerprint density at radius 2 is 1.87 bits per heavy atom. The van der Waals surface area contributed by atoms with Gasteiger partial charge in [-0.25, -0.2) is 4.79 Å². The molecule has 0 spiro atoms. The van der Waals surface area contributed by atoms with E-state index in [-0.39, 0.29) is 22.9 Å². The third kappa shape index (κ3) is 6.83. The molecule has 4 N–H and O–H groups in total. The summed E-state index contributed by atoms with van der Waals surface area (Å²) >= 11 is 0. The summed E-state index contributed by atoms with van der Waals surface area (Å²) in [7, 11) is 0. The van der Waals surface area contributed by atoms with Crippen LogP contribution in [0.25, 0.3) is 0 Å². The van der Waals surface area contributed by atoms with Gasteiger partial charge in [-0.2, -0.15) is 13.2 Å². The number of carbonyl (C=O) groups excluding carboxylic acids is 3. The van der Waals surface area contributed by atoms with Crippen molar-refractivity contribution < 1.29 is 32.0 Å². The number of carbonyl (C=O) groups is 3. The summed E-state index contributed by atoms with van der Waals surface area (Å²) in [6.07, 6.45) is -2.33. The molecule has 0 saturated carbocycles. The van der Waals surface area contributed by atoms with Gasteiger partial charge in [0.15, 0.2) is 0 Å². The predicted molar refractivity (Wildman–Crippen MR) is 103 cm³/mol. The maximum atomic E-state index is 13.4. The molecule has 1 heterocycles. The van der Waals surface area contributed by atoms with Crippen molar-refractivity contribution >= 4 is 29.2 Å². The average molecular weight is 426 g/mol. The lowest BCUT2D eigenvalue weighted by atomic mass is 10.1. The van der Waals surface area contributed by atoms with Gasteiger partial charge in [0.05, 0.1) is 23.9 Å². The molecule has 2 rings (SSSR count). The maximum Gasteiger partial charge on any atom is 0.418 e. The summed E-state index contributed by atoms with van der Waals surface area (Å²) in [5.41, 5.74) is -1.39. The van der Waals surface area contributed by atoms with Crippen molar-refractivity contribution in [2.75, 3.05) is 23.7 Å². The molecule has 0 radical (unpaired) electrons. The number of anilines is 2. The quantitative estimate of drug-likeness (QED) is 0.542. The highest BCUT2D eigenvalue weighted by Crippen LogP contribution is 2.36. The molecule has 1 aromatic carbocycles. The summed E-state index contributed by atoms with van der Waals surface area (Å²) in [5.74, 6) is -1.27. The second-order valence-electron chi connectivity index (χ2n) is 6.73. The van der Waals surface area contributed by atoms with Gasteiger partial charge in [-0.1, -0.05) is 13.8 Å². The van der Waals surface area contributed by atoms with E-state index in [1.165, 1.54) is 18.4 Å². The van der Waals surface area contributed by atoms with Crippen LogP contribution in [0.1, 0.15) is 29.8 Å². The number of furan rings is 1. The summed E-state index contributed by atoms with van der Waals surface area (Å²) in [6, 6.07) is 3.71. The van der Waals surface area contributed by atoms with Crippen LogP contribution in [0.15, 0.2) is 41.2 Å². The molecule has 0 aliphatic rings. The molecular formula is C19H21F3N4O4. The van der Waals surface area contributed by atoms with Crippen molar-refractivity contribution in [3.8, 4) is 0 Å². The van der Waals surface area contributed by atoms with E-state index < -0.39 is 36.1 Å². The van der Waals surface area contributed by atoms with Crippen molar-refractivity contribution in [1.82, 2.24) is 10.6 Å². The van der Waals surface area contributed by atoms with Gasteiger partial charge in [-0.3, -0.25) is 14.9 Å². The maximum absolute atomic E-state index is 13.4. The first-order valence-electron chi connectivity index (χ1n) is 8.92. The van der Waals surface area contributed by atoms with E-state index in [0.717, 1.165) is 18.4 Å². The van der Waals surface area contributed by atoms with E-state index in [4.69, 9.17) is 4.42 Å². The molecule has 8 nitrogen and oxygen atoms in total. The van der Waals surface area contributed by atoms with Gasteiger partial charge in [0.25, 0.3) is 5.91 Å². The number of nitrogens with one attached hydrogen (secondary N) is 4. The lowest BCUT2D eigenvalue weighted by molar-refractivity contribution is -0.137. The van der Waals surface area contributed by atoms with Crippen LogP contribution < -0.4 is 21.3 Å².